The van der Waals surface area contributed by atoms with Gasteiger partial charge in [0.2, 0.25) is 0 Å². The summed E-state index contributed by atoms with van der Waals surface area (Å²) in [6.07, 6.45) is 2.48. The molecule has 188 valence electrons. The Morgan fingerprint density at radius 3 is 1.41 bits per heavy atom. The molecule has 0 radical (unpaired) electrons. The molecule has 0 fully saturated rings. The lowest BCUT2D eigenvalue weighted by molar-refractivity contribution is 0.281. The van der Waals surface area contributed by atoms with Crippen molar-refractivity contribution in [2.24, 2.45) is 11.8 Å². The third-order valence-corrected chi connectivity index (χ3v) is 6.98. The lowest BCUT2D eigenvalue weighted by Crippen LogP contribution is -2.20. The molecule has 2 aromatic rings. The number of phosphoric acid groups is 1. The van der Waals surface area contributed by atoms with Gasteiger partial charge in [-0.3, -0.25) is 4.89 Å². The third-order valence-electron chi connectivity index (χ3n) is 6.15. The van der Waals surface area contributed by atoms with Crippen molar-refractivity contribution < 1.29 is 18.5 Å². The maximum atomic E-state index is 13.3. The normalized spacial score (nSPS) is 15.8. The summed E-state index contributed by atoms with van der Waals surface area (Å²) < 4.78 is 25.0. The molecule has 1 heterocycles. The van der Waals surface area contributed by atoms with E-state index in [1.165, 1.54) is 11.1 Å². The van der Waals surface area contributed by atoms with E-state index in [1.54, 1.807) is 0 Å². The van der Waals surface area contributed by atoms with Gasteiger partial charge in [-0.1, -0.05) is 93.5 Å². The minimum atomic E-state index is -4.40. The predicted molar refractivity (Wildman–Crippen MR) is 141 cm³/mol. The molecule has 0 saturated carbocycles. The molecule has 1 aliphatic rings. The fourth-order valence-corrected chi connectivity index (χ4v) is 5.67. The number of hydrogen-bond donors (Lipinski definition) is 1. The Bertz CT molecular complexity index is 1020. The molecule has 5 heteroatoms. The zero-order valence-corrected chi connectivity index (χ0v) is 23.6. The van der Waals surface area contributed by atoms with Crippen molar-refractivity contribution in [1.82, 2.24) is 0 Å². The average Bonchev–Trinajstić information content (AvgIpc) is 2.61. The van der Waals surface area contributed by atoms with Crippen molar-refractivity contribution in [2.75, 3.05) is 0 Å². The largest absolute Gasteiger partial charge is 0.584 e. The second-order valence-electron chi connectivity index (χ2n) is 12.8. The summed E-state index contributed by atoms with van der Waals surface area (Å²) in [5.41, 5.74) is 5.73. The second kappa shape index (κ2) is 9.36. The molecular weight excluding hydrogens is 443 g/mol. The van der Waals surface area contributed by atoms with Crippen molar-refractivity contribution in [3.63, 3.8) is 0 Å². The summed E-state index contributed by atoms with van der Waals surface area (Å²) in [5.74, 6) is 1.99. The molecular formula is C29H43O4P. The maximum Gasteiger partial charge on any atom is 0.584 e. The Morgan fingerprint density at radius 2 is 1.12 bits per heavy atom. The van der Waals surface area contributed by atoms with Gasteiger partial charge >= 0.3 is 7.82 Å². The first kappa shape index (κ1) is 26.8. The monoisotopic (exact) mass is 486 g/mol. The third kappa shape index (κ3) is 6.26. The van der Waals surface area contributed by atoms with E-state index in [1.807, 2.05) is 0 Å². The quantitative estimate of drug-likeness (QED) is 0.443. The van der Waals surface area contributed by atoms with Crippen LogP contribution in [0.25, 0.3) is 0 Å². The number of benzene rings is 2. The van der Waals surface area contributed by atoms with Gasteiger partial charge in [-0.25, -0.2) is 4.57 Å². The van der Waals surface area contributed by atoms with E-state index < -0.39 is 7.82 Å². The van der Waals surface area contributed by atoms with Gasteiger partial charge in [0.1, 0.15) is 11.5 Å². The van der Waals surface area contributed by atoms with Crippen LogP contribution >= 0.6 is 7.82 Å². The van der Waals surface area contributed by atoms with Gasteiger partial charge in [-0.2, -0.15) is 0 Å². The highest BCUT2D eigenvalue weighted by Crippen LogP contribution is 2.54. The summed E-state index contributed by atoms with van der Waals surface area (Å²) in [6.45, 7) is 21.5. The minimum absolute atomic E-state index is 0.255. The van der Waals surface area contributed by atoms with Crippen LogP contribution in [-0.4, -0.2) is 4.89 Å². The molecule has 0 amide bonds. The first-order chi connectivity index (χ1) is 15.5. The smallest absolute Gasteiger partial charge is 0.395 e. The van der Waals surface area contributed by atoms with Gasteiger partial charge in [0.05, 0.1) is 0 Å². The molecule has 0 unspecified atom stereocenters. The van der Waals surface area contributed by atoms with E-state index in [2.05, 4.69) is 93.5 Å². The lowest BCUT2D eigenvalue weighted by Gasteiger charge is -2.32. The highest BCUT2D eigenvalue weighted by atomic mass is 31.2. The predicted octanol–water partition coefficient (Wildman–Crippen LogP) is 8.14. The minimum Gasteiger partial charge on any atom is -0.395 e. The first-order valence-electron chi connectivity index (χ1n) is 12.5. The molecule has 3 rings (SSSR count). The van der Waals surface area contributed by atoms with Crippen molar-refractivity contribution in [2.45, 2.75) is 99.3 Å². The molecule has 1 N–H and O–H groups in total. The SMILES string of the molecule is CC(C)Cc1cc2c(c(C(C)(C)C)c1)OP(=O)(O)Oc1c(cc(CC(C)C)cc1C(C)(C)C)C2. The van der Waals surface area contributed by atoms with Crippen LogP contribution < -0.4 is 9.05 Å². The molecule has 1 aliphatic heterocycles. The zero-order valence-electron chi connectivity index (χ0n) is 22.7. The molecule has 4 nitrogen and oxygen atoms in total. The molecule has 0 aliphatic carbocycles. The molecule has 0 aromatic heterocycles. The van der Waals surface area contributed by atoms with Crippen molar-refractivity contribution in [3.05, 3.63) is 57.6 Å². The van der Waals surface area contributed by atoms with Crippen LogP contribution in [0.1, 0.15) is 103 Å². The van der Waals surface area contributed by atoms with E-state index in [4.69, 9.17) is 9.05 Å². The standard InChI is InChI=1S/C29H43O4P/c1-18(2)11-20-13-22-17-23-14-21(12-19(3)4)16-25(29(8,9)10)27(23)33-34(30,31)32-26(22)24(15-20)28(5,6)7/h13-16,18-19H,11-12,17H2,1-10H3,(H,30,31). The van der Waals surface area contributed by atoms with Gasteiger partial charge < -0.3 is 9.05 Å². The summed E-state index contributed by atoms with van der Waals surface area (Å²) in [4.78, 5) is 10.9. The Hall–Kier alpha value is -1.77. The molecule has 2 aromatic carbocycles. The highest BCUT2D eigenvalue weighted by molar-refractivity contribution is 7.48. The number of rotatable bonds is 4. The van der Waals surface area contributed by atoms with Crippen LogP contribution in [0.3, 0.4) is 0 Å². The van der Waals surface area contributed by atoms with Crippen LogP contribution in [-0.2, 0) is 34.7 Å². The van der Waals surface area contributed by atoms with Crippen LogP contribution in [0, 0.1) is 11.8 Å². The average molecular weight is 487 g/mol. The molecule has 0 atom stereocenters. The van der Waals surface area contributed by atoms with Crippen molar-refractivity contribution in [1.29, 1.82) is 0 Å². The van der Waals surface area contributed by atoms with Crippen molar-refractivity contribution in [3.8, 4) is 11.5 Å². The lowest BCUT2D eigenvalue weighted by atomic mass is 9.80. The van der Waals surface area contributed by atoms with Crippen molar-refractivity contribution >= 4 is 7.82 Å². The Kier molecular flexibility index (Phi) is 7.38. The van der Waals surface area contributed by atoms with E-state index >= 15 is 0 Å². The van der Waals surface area contributed by atoms with Gasteiger partial charge in [0.25, 0.3) is 0 Å². The van der Waals surface area contributed by atoms with Crippen LogP contribution in [0.4, 0.5) is 0 Å². The summed E-state index contributed by atoms with van der Waals surface area (Å²) in [7, 11) is -4.40. The fourth-order valence-electron chi connectivity index (χ4n) is 4.74. The second-order valence-corrected chi connectivity index (χ2v) is 14.1. The Morgan fingerprint density at radius 1 is 0.765 bits per heavy atom. The molecule has 0 bridgehead atoms. The highest BCUT2D eigenvalue weighted by Gasteiger charge is 2.36. The van der Waals surface area contributed by atoms with E-state index in [0.29, 0.717) is 29.8 Å². The summed E-state index contributed by atoms with van der Waals surface area (Å²) in [6, 6.07) is 8.59. The topological polar surface area (TPSA) is 55.8 Å². The van der Waals surface area contributed by atoms with E-state index in [0.717, 1.165) is 35.1 Å². The number of fused-ring (bicyclic) bond motifs is 2. The summed E-state index contributed by atoms with van der Waals surface area (Å²) >= 11 is 0. The van der Waals surface area contributed by atoms with Gasteiger partial charge in [-0.15, -0.1) is 0 Å². The zero-order chi connectivity index (χ0) is 25.6. The fraction of sp³-hybridized carbons (Fsp3) is 0.586. The Labute approximate surface area is 206 Å². The molecule has 0 spiro atoms. The number of hydrogen-bond acceptors (Lipinski definition) is 3. The van der Waals surface area contributed by atoms with Crippen LogP contribution in [0.5, 0.6) is 11.5 Å². The molecule has 34 heavy (non-hydrogen) atoms. The van der Waals surface area contributed by atoms with Crippen LogP contribution in [0.15, 0.2) is 24.3 Å². The summed E-state index contributed by atoms with van der Waals surface area (Å²) in [5, 5.41) is 0. The Balaban J connectivity index is 2.33. The maximum absolute atomic E-state index is 13.3. The van der Waals surface area contributed by atoms with E-state index in [-0.39, 0.29) is 10.8 Å². The van der Waals surface area contributed by atoms with Gasteiger partial charge in [0, 0.05) is 17.5 Å². The first-order valence-corrected chi connectivity index (χ1v) is 14.0. The van der Waals surface area contributed by atoms with Gasteiger partial charge in [0.15, 0.2) is 0 Å². The van der Waals surface area contributed by atoms with Crippen LogP contribution in [0.2, 0.25) is 0 Å². The number of phosphoric ester groups is 1. The van der Waals surface area contributed by atoms with E-state index in [9.17, 15) is 9.46 Å². The van der Waals surface area contributed by atoms with Gasteiger partial charge in [-0.05, 0) is 57.8 Å². The molecule has 0 saturated heterocycles.